The highest BCUT2D eigenvalue weighted by atomic mass is 16.5. The maximum Gasteiger partial charge on any atom is 0.308 e. The van der Waals surface area contributed by atoms with Crippen molar-refractivity contribution in [3.8, 4) is 16.9 Å². The first-order valence-electron chi connectivity index (χ1n) is 11.1. The number of amides is 1. The lowest BCUT2D eigenvalue weighted by Gasteiger charge is -2.30. The topological polar surface area (TPSA) is 69.0 Å². The molecule has 1 aromatic heterocycles. The van der Waals surface area contributed by atoms with E-state index < -0.39 is 0 Å². The second-order valence-electron chi connectivity index (χ2n) is 8.42. The summed E-state index contributed by atoms with van der Waals surface area (Å²) in [5.74, 6) is 0.303. The number of hydrogen-bond donors (Lipinski definition) is 0. The molecule has 0 N–H and O–H groups in total. The Hall–Kier alpha value is -3.54. The Kier molecular flexibility index (Phi) is 6.54. The molecule has 1 fully saturated rings. The minimum absolute atomic E-state index is 0.0638. The second-order valence-corrected chi connectivity index (χ2v) is 8.42. The van der Waals surface area contributed by atoms with Crippen LogP contribution in [0.25, 0.3) is 27.7 Å². The molecule has 2 aromatic carbocycles. The molecule has 172 valence electrons. The van der Waals surface area contributed by atoms with Gasteiger partial charge in [0.1, 0.15) is 11.3 Å². The summed E-state index contributed by atoms with van der Waals surface area (Å²) < 4.78 is 16.5. The Morgan fingerprint density at radius 3 is 2.45 bits per heavy atom. The quantitative estimate of drug-likeness (QED) is 0.396. The molecule has 0 unspecified atom stereocenters. The summed E-state index contributed by atoms with van der Waals surface area (Å²) in [5.41, 5.74) is 5.42. The molecule has 0 atom stereocenters. The number of nitrogens with zero attached hydrogens (tertiary/aromatic N) is 1. The number of allylic oxidation sites excluding steroid dienone is 1. The molecule has 0 aliphatic carbocycles. The summed E-state index contributed by atoms with van der Waals surface area (Å²) in [6.07, 6.45) is 4.67. The highest BCUT2D eigenvalue weighted by molar-refractivity contribution is 6.01. The number of ether oxygens (including phenoxy) is 2. The van der Waals surface area contributed by atoms with E-state index in [4.69, 9.17) is 13.9 Å². The third-order valence-corrected chi connectivity index (χ3v) is 6.44. The zero-order valence-electron chi connectivity index (χ0n) is 19.5. The van der Waals surface area contributed by atoms with Crippen molar-refractivity contribution in [2.75, 3.05) is 27.3 Å². The third kappa shape index (κ3) is 4.38. The van der Waals surface area contributed by atoms with Crippen molar-refractivity contribution in [2.24, 2.45) is 5.92 Å². The van der Waals surface area contributed by atoms with E-state index in [9.17, 15) is 9.59 Å². The summed E-state index contributed by atoms with van der Waals surface area (Å²) in [6, 6.07) is 12.1. The van der Waals surface area contributed by atoms with Gasteiger partial charge in [0.2, 0.25) is 5.91 Å². The lowest BCUT2D eigenvalue weighted by Crippen LogP contribution is -2.39. The highest BCUT2D eigenvalue weighted by Gasteiger charge is 2.27. The average molecular weight is 448 g/mol. The van der Waals surface area contributed by atoms with E-state index in [1.165, 1.54) is 7.11 Å². The van der Waals surface area contributed by atoms with E-state index in [-0.39, 0.29) is 17.8 Å². The smallest absolute Gasteiger partial charge is 0.308 e. The number of benzene rings is 2. The van der Waals surface area contributed by atoms with Crippen LogP contribution in [0.2, 0.25) is 0 Å². The zero-order valence-corrected chi connectivity index (χ0v) is 19.5. The van der Waals surface area contributed by atoms with Gasteiger partial charge in [-0.3, -0.25) is 9.59 Å². The highest BCUT2D eigenvalue weighted by Crippen LogP contribution is 2.40. The molecule has 0 radical (unpaired) electrons. The van der Waals surface area contributed by atoms with Crippen molar-refractivity contribution in [3.05, 3.63) is 59.9 Å². The molecule has 6 heteroatoms. The van der Waals surface area contributed by atoms with Crippen molar-refractivity contribution in [1.82, 2.24) is 4.90 Å². The number of piperidine rings is 1. The van der Waals surface area contributed by atoms with Crippen LogP contribution in [0.15, 0.2) is 53.2 Å². The van der Waals surface area contributed by atoms with Gasteiger partial charge in [-0.2, -0.15) is 0 Å². The van der Waals surface area contributed by atoms with Gasteiger partial charge in [-0.1, -0.05) is 30.3 Å². The van der Waals surface area contributed by atoms with E-state index >= 15 is 0 Å². The lowest BCUT2D eigenvalue weighted by atomic mass is 9.95. The van der Waals surface area contributed by atoms with Crippen LogP contribution < -0.4 is 4.74 Å². The molecule has 33 heavy (non-hydrogen) atoms. The predicted molar refractivity (Wildman–Crippen MR) is 128 cm³/mol. The Bertz CT molecular complexity index is 1200. The Balaban J connectivity index is 1.66. The maximum atomic E-state index is 13.0. The molecule has 1 aliphatic rings. The molecule has 0 spiro atoms. The molecule has 1 saturated heterocycles. The van der Waals surface area contributed by atoms with Gasteiger partial charge in [0, 0.05) is 41.2 Å². The fraction of sp³-hybridized carbons (Fsp3) is 0.333. The van der Waals surface area contributed by atoms with Gasteiger partial charge in [0.05, 0.1) is 26.4 Å². The van der Waals surface area contributed by atoms with Crippen molar-refractivity contribution in [1.29, 1.82) is 0 Å². The first-order chi connectivity index (χ1) is 15.9. The van der Waals surface area contributed by atoms with Crippen LogP contribution in [0.5, 0.6) is 5.75 Å². The van der Waals surface area contributed by atoms with Crippen LogP contribution >= 0.6 is 0 Å². The van der Waals surface area contributed by atoms with Crippen molar-refractivity contribution in [2.45, 2.75) is 26.7 Å². The first kappa shape index (κ1) is 22.6. The SMILES string of the molecule is COC(=O)C1CCN(C(=O)/C=C(\C)c2cc3c(-c4ccccc4)coc3c(C)c2OC)CC1. The summed E-state index contributed by atoms with van der Waals surface area (Å²) in [7, 11) is 3.03. The number of carbonyl (C=O) groups excluding carboxylic acids is 2. The fourth-order valence-corrected chi connectivity index (χ4v) is 4.57. The van der Waals surface area contributed by atoms with Crippen LogP contribution in [0, 0.1) is 12.8 Å². The lowest BCUT2D eigenvalue weighted by molar-refractivity contribution is -0.148. The van der Waals surface area contributed by atoms with E-state index in [1.54, 1.807) is 24.3 Å². The Morgan fingerprint density at radius 2 is 1.82 bits per heavy atom. The number of rotatable bonds is 5. The Labute approximate surface area is 193 Å². The molecular formula is C27H29NO5. The number of aryl methyl sites for hydroxylation is 1. The van der Waals surface area contributed by atoms with Crippen molar-refractivity contribution in [3.63, 3.8) is 0 Å². The molecule has 0 bridgehead atoms. The largest absolute Gasteiger partial charge is 0.496 e. The molecule has 3 aromatic rings. The number of hydrogen-bond acceptors (Lipinski definition) is 5. The summed E-state index contributed by atoms with van der Waals surface area (Å²) in [5, 5.41) is 0.980. The number of carbonyl (C=O) groups is 2. The number of esters is 1. The minimum atomic E-state index is -0.198. The van der Waals surface area contributed by atoms with E-state index in [0.29, 0.717) is 31.7 Å². The van der Waals surface area contributed by atoms with Crippen LogP contribution in [0.3, 0.4) is 0 Å². The zero-order chi connectivity index (χ0) is 23.5. The standard InChI is InChI=1S/C27H29NO5/c1-17(14-24(29)28-12-10-20(11-13-28)27(30)32-4)21-15-22-23(19-8-6-5-7-9-19)16-33-26(22)18(2)25(21)31-3/h5-9,14-16,20H,10-13H2,1-4H3/b17-14+. The minimum Gasteiger partial charge on any atom is -0.496 e. The van der Waals surface area contributed by atoms with Gasteiger partial charge >= 0.3 is 5.97 Å². The van der Waals surface area contributed by atoms with Crippen LogP contribution in [-0.2, 0) is 14.3 Å². The average Bonchev–Trinajstić information content (AvgIpc) is 3.28. The number of fused-ring (bicyclic) bond motifs is 1. The van der Waals surface area contributed by atoms with Gasteiger partial charge < -0.3 is 18.8 Å². The molecule has 1 aliphatic heterocycles. The number of furan rings is 1. The molecule has 2 heterocycles. The molecule has 4 rings (SSSR count). The van der Waals surface area contributed by atoms with Gasteiger partial charge in [0.25, 0.3) is 0 Å². The molecular weight excluding hydrogens is 418 g/mol. The molecule has 1 amide bonds. The summed E-state index contributed by atoms with van der Waals surface area (Å²) in [6.45, 7) is 4.97. The van der Waals surface area contributed by atoms with E-state index in [1.807, 2.05) is 50.2 Å². The molecule has 6 nitrogen and oxygen atoms in total. The van der Waals surface area contributed by atoms with Crippen molar-refractivity contribution >= 4 is 28.4 Å². The van der Waals surface area contributed by atoms with Gasteiger partial charge in [-0.05, 0) is 43.9 Å². The predicted octanol–water partition coefficient (Wildman–Crippen LogP) is 5.23. The fourth-order valence-electron chi connectivity index (χ4n) is 4.57. The van der Waals surface area contributed by atoms with Crippen LogP contribution in [0.4, 0.5) is 0 Å². The normalized spacial score (nSPS) is 15.0. The van der Waals surface area contributed by atoms with Gasteiger partial charge in [-0.25, -0.2) is 0 Å². The van der Waals surface area contributed by atoms with Crippen molar-refractivity contribution < 1.29 is 23.5 Å². The van der Waals surface area contributed by atoms with Crippen LogP contribution in [-0.4, -0.2) is 44.1 Å². The summed E-state index contributed by atoms with van der Waals surface area (Å²) >= 11 is 0. The first-order valence-corrected chi connectivity index (χ1v) is 11.1. The molecule has 0 saturated carbocycles. The van der Waals surface area contributed by atoms with E-state index in [2.05, 4.69) is 0 Å². The van der Waals surface area contributed by atoms with Crippen LogP contribution in [0.1, 0.15) is 30.9 Å². The van der Waals surface area contributed by atoms with E-state index in [0.717, 1.165) is 38.8 Å². The van der Waals surface area contributed by atoms with Gasteiger partial charge in [-0.15, -0.1) is 0 Å². The monoisotopic (exact) mass is 447 g/mol. The van der Waals surface area contributed by atoms with Gasteiger partial charge in [0.15, 0.2) is 0 Å². The Morgan fingerprint density at radius 1 is 1.12 bits per heavy atom. The summed E-state index contributed by atoms with van der Waals surface area (Å²) in [4.78, 5) is 26.5. The second kappa shape index (κ2) is 9.53. The number of likely N-dealkylation sites (tertiary alicyclic amines) is 1. The maximum absolute atomic E-state index is 13.0. The third-order valence-electron chi connectivity index (χ3n) is 6.44. The number of methoxy groups -OCH3 is 2.